The lowest BCUT2D eigenvalue weighted by Crippen LogP contribution is -2.01. The number of aromatic nitrogens is 4. The van der Waals surface area contributed by atoms with Gasteiger partial charge in [-0.15, -0.1) is 16.9 Å². The summed E-state index contributed by atoms with van der Waals surface area (Å²) in [5.74, 6) is 0.313. The number of fused-ring (bicyclic) bond motifs is 1. The van der Waals surface area contributed by atoms with Crippen molar-refractivity contribution in [3.8, 4) is 0 Å². The average Bonchev–Trinajstić information content (AvgIpc) is 2.27. The molecule has 0 amide bonds. The van der Waals surface area contributed by atoms with E-state index in [1.54, 1.807) is 24.2 Å². The molecule has 2 aromatic heterocycles. The Kier molecular flexibility index (Phi) is 2.81. The van der Waals surface area contributed by atoms with E-state index in [4.69, 9.17) is 0 Å². The predicted molar refractivity (Wildman–Crippen MR) is 61.0 cm³/mol. The van der Waals surface area contributed by atoms with Gasteiger partial charge in [0.2, 0.25) is 0 Å². The van der Waals surface area contributed by atoms with E-state index in [9.17, 15) is 0 Å². The highest BCUT2D eigenvalue weighted by molar-refractivity contribution is 7.98. The number of thioether (sulfide) groups is 1. The molecule has 2 heterocycles. The maximum Gasteiger partial charge on any atom is 0.146 e. The summed E-state index contributed by atoms with van der Waals surface area (Å²) in [6.45, 7) is 4.16. The zero-order chi connectivity index (χ0) is 10.8. The third-order valence-electron chi connectivity index (χ3n) is 2.13. The second-order valence-electron chi connectivity index (χ2n) is 3.50. The van der Waals surface area contributed by atoms with Crippen LogP contribution < -0.4 is 0 Å². The highest BCUT2D eigenvalue weighted by atomic mass is 32.2. The van der Waals surface area contributed by atoms with Gasteiger partial charge < -0.3 is 0 Å². The summed E-state index contributed by atoms with van der Waals surface area (Å²) < 4.78 is 0. The molecule has 0 atom stereocenters. The molecule has 0 saturated carbocycles. The maximum absolute atomic E-state index is 4.33. The molecule has 78 valence electrons. The Morgan fingerprint density at radius 1 is 1.07 bits per heavy atom. The van der Waals surface area contributed by atoms with Crippen molar-refractivity contribution in [2.24, 2.45) is 0 Å². The monoisotopic (exact) mass is 220 g/mol. The molecule has 2 rings (SSSR count). The lowest BCUT2D eigenvalue weighted by molar-refractivity contribution is 0.774. The van der Waals surface area contributed by atoms with E-state index in [0.717, 1.165) is 21.8 Å². The number of rotatable bonds is 2. The van der Waals surface area contributed by atoms with Crippen LogP contribution in [0, 0.1) is 0 Å². The van der Waals surface area contributed by atoms with Crippen LogP contribution in [0.4, 0.5) is 0 Å². The maximum atomic E-state index is 4.33. The van der Waals surface area contributed by atoms with Gasteiger partial charge in [-0.3, -0.25) is 4.98 Å². The summed E-state index contributed by atoms with van der Waals surface area (Å²) in [6, 6.07) is 0. The molecule has 4 nitrogen and oxygen atoms in total. The van der Waals surface area contributed by atoms with Gasteiger partial charge in [0.25, 0.3) is 0 Å². The van der Waals surface area contributed by atoms with Crippen LogP contribution in [0.15, 0.2) is 17.4 Å². The van der Waals surface area contributed by atoms with Crippen molar-refractivity contribution in [3.05, 3.63) is 18.1 Å². The molecule has 0 saturated heterocycles. The Balaban J connectivity index is 2.77. The van der Waals surface area contributed by atoms with Gasteiger partial charge in [-0.05, 0) is 12.2 Å². The second kappa shape index (κ2) is 4.10. The first-order chi connectivity index (χ1) is 7.24. The van der Waals surface area contributed by atoms with Crippen LogP contribution in [-0.2, 0) is 0 Å². The molecule has 0 spiro atoms. The van der Waals surface area contributed by atoms with Gasteiger partial charge >= 0.3 is 0 Å². The van der Waals surface area contributed by atoms with E-state index in [-0.39, 0.29) is 0 Å². The topological polar surface area (TPSA) is 51.6 Å². The third kappa shape index (κ3) is 1.79. The quantitative estimate of drug-likeness (QED) is 0.727. The summed E-state index contributed by atoms with van der Waals surface area (Å²) in [4.78, 5) is 8.64. The third-order valence-corrected chi connectivity index (χ3v) is 2.79. The minimum atomic E-state index is 0.313. The van der Waals surface area contributed by atoms with Crippen LogP contribution in [0.5, 0.6) is 0 Å². The molecule has 0 unspecified atom stereocenters. The van der Waals surface area contributed by atoms with Gasteiger partial charge in [-0.25, -0.2) is 4.98 Å². The fourth-order valence-electron chi connectivity index (χ4n) is 1.40. The normalized spacial score (nSPS) is 11.2. The summed E-state index contributed by atoms with van der Waals surface area (Å²) in [5.41, 5.74) is 2.63. The predicted octanol–water partition coefficient (Wildman–Crippen LogP) is 2.27. The van der Waals surface area contributed by atoms with Crippen LogP contribution in [-0.4, -0.2) is 26.4 Å². The molecule has 0 fully saturated rings. The van der Waals surface area contributed by atoms with E-state index in [2.05, 4.69) is 34.0 Å². The molecule has 0 aliphatic heterocycles. The molecule has 15 heavy (non-hydrogen) atoms. The van der Waals surface area contributed by atoms with Crippen molar-refractivity contribution in [3.63, 3.8) is 0 Å². The Morgan fingerprint density at radius 2 is 1.73 bits per heavy atom. The van der Waals surface area contributed by atoms with Crippen molar-refractivity contribution in [2.75, 3.05) is 6.26 Å². The first kappa shape index (κ1) is 10.3. The van der Waals surface area contributed by atoms with E-state index in [1.807, 2.05) is 6.26 Å². The largest absolute Gasteiger partial charge is 0.251 e. The van der Waals surface area contributed by atoms with E-state index in [1.165, 1.54) is 0 Å². The summed E-state index contributed by atoms with van der Waals surface area (Å²) in [5, 5.41) is 9.20. The van der Waals surface area contributed by atoms with Crippen molar-refractivity contribution in [1.29, 1.82) is 0 Å². The first-order valence-corrected chi connectivity index (χ1v) is 5.97. The van der Waals surface area contributed by atoms with Gasteiger partial charge in [0.15, 0.2) is 0 Å². The lowest BCUT2D eigenvalue weighted by Gasteiger charge is -2.07. The van der Waals surface area contributed by atoms with E-state index < -0.39 is 0 Å². The van der Waals surface area contributed by atoms with Crippen LogP contribution in [0.1, 0.15) is 25.5 Å². The fourth-order valence-corrected chi connectivity index (χ4v) is 1.87. The van der Waals surface area contributed by atoms with Crippen LogP contribution in [0.2, 0.25) is 0 Å². The van der Waals surface area contributed by atoms with Crippen LogP contribution >= 0.6 is 11.8 Å². The van der Waals surface area contributed by atoms with Gasteiger partial charge in [-0.1, -0.05) is 13.8 Å². The van der Waals surface area contributed by atoms with Crippen molar-refractivity contribution in [2.45, 2.75) is 24.8 Å². The molecule has 5 heteroatoms. The van der Waals surface area contributed by atoms with Gasteiger partial charge in [0.05, 0.1) is 5.69 Å². The summed E-state index contributed by atoms with van der Waals surface area (Å²) >= 11 is 1.54. The molecule has 0 radical (unpaired) electrons. The molecular weight excluding hydrogens is 208 g/mol. The summed E-state index contributed by atoms with van der Waals surface area (Å²) in [6.07, 6.45) is 5.35. The SMILES string of the molecule is CSc1nnc(C(C)C)c2nccnc12. The molecule has 0 aliphatic rings. The summed E-state index contributed by atoms with van der Waals surface area (Å²) in [7, 11) is 0. The number of hydrogen-bond donors (Lipinski definition) is 0. The minimum absolute atomic E-state index is 0.313. The number of hydrogen-bond acceptors (Lipinski definition) is 5. The van der Waals surface area contributed by atoms with Gasteiger partial charge in [-0.2, -0.15) is 5.10 Å². The Bertz CT molecular complexity index is 484. The van der Waals surface area contributed by atoms with Crippen molar-refractivity contribution in [1.82, 2.24) is 20.2 Å². The van der Waals surface area contributed by atoms with Crippen molar-refractivity contribution < 1.29 is 0 Å². The highest BCUT2D eigenvalue weighted by Gasteiger charge is 2.12. The highest BCUT2D eigenvalue weighted by Crippen LogP contribution is 2.25. The van der Waals surface area contributed by atoms with E-state index >= 15 is 0 Å². The smallest absolute Gasteiger partial charge is 0.146 e. The van der Waals surface area contributed by atoms with Crippen LogP contribution in [0.3, 0.4) is 0 Å². The molecule has 0 bridgehead atoms. The fraction of sp³-hybridized carbons (Fsp3) is 0.400. The zero-order valence-electron chi connectivity index (χ0n) is 8.93. The molecule has 0 aromatic carbocycles. The van der Waals surface area contributed by atoms with Crippen molar-refractivity contribution >= 4 is 22.8 Å². The van der Waals surface area contributed by atoms with E-state index in [0.29, 0.717) is 5.92 Å². The number of nitrogens with zero attached hydrogens (tertiary/aromatic N) is 4. The molecule has 2 aromatic rings. The Morgan fingerprint density at radius 3 is 2.33 bits per heavy atom. The first-order valence-electron chi connectivity index (χ1n) is 4.75. The van der Waals surface area contributed by atoms with Crippen LogP contribution in [0.25, 0.3) is 11.0 Å². The average molecular weight is 220 g/mol. The van der Waals surface area contributed by atoms with Gasteiger partial charge in [0.1, 0.15) is 16.1 Å². The molecule has 0 N–H and O–H groups in total. The van der Waals surface area contributed by atoms with Gasteiger partial charge in [0, 0.05) is 12.4 Å². The Hall–Kier alpha value is -1.23. The second-order valence-corrected chi connectivity index (χ2v) is 4.30. The minimum Gasteiger partial charge on any atom is -0.251 e. The molecular formula is C10H12N4S. The lowest BCUT2D eigenvalue weighted by atomic mass is 10.1. The Labute approximate surface area is 92.5 Å². The zero-order valence-corrected chi connectivity index (χ0v) is 9.75. The standard InChI is InChI=1S/C10H12N4S/c1-6(2)7-8-9(12-5-4-11-8)10(15-3)14-13-7/h4-6H,1-3H3. The molecule has 0 aliphatic carbocycles.